The molecule has 266 valence electrons. The van der Waals surface area contributed by atoms with Crippen molar-refractivity contribution in [1.82, 2.24) is 0 Å². The van der Waals surface area contributed by atoms with Crippen LogP contribution in [0.5, 0.6) is 23.0 Å². The number of benzene rings is 5. The van der Waals surface area contributed by atoms with Crippen molar-refractivity contribution in [3.63, 3.8) is 0 Å². The van der Waals surface area contributed by atoms with Gasteiger partial charge in [-0.05, 0) is 128 Å². The van der Waals surface area contributed by atoms with Gasteiger partial charge in [-0.25, -0.2) is 0 Å². The minimum absolute atomic E-state index is 0.656. The highest BCUT2D eigenvalue weighted by Gasteiger charge is 2.53. The maximum Gasteiger partial charge on any atom is 0.160 e. The summed E-state index contributed by atoms with van der Waals surface area (Å²) in [5.74, 6) is 3.01. The van der Waals surface area contributed by atoms with E-state index in [1.165, 1.54) is 22.7 Å². The first-order valence-corrected chi connectivity index (χ1v) is 19.0. The first-order chi connectivity index (χ1) is 26.4. The fourth-order valence-electron chi connectivity index (χ4n) is 8.65. The van der Waals surface area contributed by atoms with E-state index < -0.39 is 10.8 Å². The Bertz CT molecular complexity index is 2290. The van der Waals surface area contributed by atoms with Crippen LogP contribution in [0.25, 0.3) is 22.3 Å². The molecule has 9 rings (SSSR count). The maximum atomic E-state index is 12.5. The highest BCUT2D eigenvalue weighted by atomic mass is 32.1. The van der Waals surface area contributed by atoms with Crippen molar-refractivity contribution < 1.29 is 28.5 Å². The predicted molar refractivity (Wildman–Crippen MR) is 214 cm³/mol. The number of carbonyl (C=O) groups is 2. The fraction of sp³-hybridized carbons (Fsp3) is 0.130. The molecule has 0 radical (unpaired) electrons. The van der Waals surface area contributed by atoms with E-state index in [4.69, 9.17) is 18.9 Å². The number of fused-ring (bicyclic) bond motifs is 6. The zero-order chi connectivity index (χ0) is 37.2. The number of rotatable bonds is 10. The number of thiophene rings is 2. The monoisotopic (exact) mass is 746 g/mol. The second kappa shape index (κ2) is 12.9. The third-order valence-corrected chi connectivity index (χ3v) is 13.4. The van der Waals surface area contributed by atoms with E-state index in [2.05, 4.69) is 60.7 Å². The third-order valence-electron chi connectivity index (χ3n) is 11.1. The standard InChI is InChI=1S/C46H34O6S2/c1-49-31-13-5-27(6-14-31)45(28-7-15-32(50-2)16-8-28)41-23-38-40-22-36(26-48)54-44(40)46(29-9-17-33(51-3)18-10-29,30-11-19-34(52-4)20-12-30)42(38)24-37(41)39-21-35(25-47)53-43(39)45/h5-26H,1-4H3. The van der Waals surface area contributed by atoms with E-state index >= 15 is 0 Å². The van der Waals surface area contributed by atoms with Crippen molar-refractivity contribution in [2.75, 3.05) is 28.4 Å². The van der Waals surface area contributed by atoms with Gasteiger partial charge in [-0.2, -0.15) is 0 Å². The van der Waals surface area contributed by atoms with Crippen LogP contribution in [0.1, 0.15) is 62.5 Å². The lowest BCUT2D eigenvalue weighted by Crippen LogP contribution is -2.29. The van der Waals surface area contributed by atoms with E-state index in [-0.39, 0.29) is 0 Å². The summed E-state index contributed by atoms with van der Waals surface area (Å²) in [6.07, 6.45) is 1.89. The van der Waals surface area contributed by atoms with Crippen LogP contribution in [-0.2, 0) is 10.8 Å². The topological polar surface area (TPSA) is 71.1 Å². The molecule has 0 bridgehead atoms. The Balaban J connectivity index is 1.43. The Hall–Kier alpha value is -5.96. The van der Waals surface area contributed by atoms with Crippen molar-refractivity contribution in [1.29, 1.82) is 0 Å². The van der Waals surface area contributed by atoms with Gasteiger partial charge in [0.1, 0.15) is 23.0 Å². The number of ether oxygens (including phenoxy) is 4. The average molecular weight is 747 g/mol. The molecule has 0 aliphatic heterocycles. The quantitative estimate of drug-likeness (QED) is 0.130. The zero-order valence-corrected chi connectivity index (χ0v) is 31.6. The number of hydrogen-bond acceptors (Lipinski definition) is 8. The molecule has 2 aliphatic carbocycles. The Morgan fingerprint density at radius 3 is 0.926 bits per heavy atom. The van der Waals surface area contributed by atoms with Gasteiger partial charge in [0.05, 0.1) is 49.0 Å². The molecule has 7 aromatic rings. The van der Waals surface area contributed by atoms with Gasteiger partial charge in [0.25, 0.3) is 0 Å². The molecular formula is C46H34O6S2. The summed E-state index contributed by atoms with van der Waals surface area (Å²) in [6.45, 7) is 0. The first kappa shape index (κ1) is 33.8. The molecule has 0 saturated heterocycles. The van der Waals surface area contributed by atoms with Crippen molar-refractivity contribution in [2.24, 2.45) is 0 Å². The van der Waals surface area contributed by atoms with Gasteiger partial charge in [-0.15, -0.1) is 22.7 Å². The summed E-state index contributed by atoms with van der Waals surface area (Å²) in [5.41, 5.74) is 8.96. The minimum atomic E-state index is -0.778. The lowest BCUT2D eigenvalue weighted by Gasteiger charge is -2.35. The summed E-state index contributed by atoms with van der Waals surface area (Å²) in [5, 5.41) is 0. The second-order valence-corrected chi connectivity index (χ2v) is 15.5. The fourth-order valence-corrected chi connectivity index (χ4v) is 11.1. The van der Waals surface area contributed by atoms with Crippen LogP contribution >= 0.6 is 22.7 Å². The summed E-state index contributed by atoms with van der Waals surface area (Å²) in [4.78, 5) is 28.5. The second-order valence-electron chi connectivity index (χ2n) is 13.4. The average Bonchev–Trinajstić information content (AvgIpc) is 3.98. The lowest BCUT2D eigenvalue weighted by atomic mass is 9.68. The van der Waals surface area contributed by atoms with Gasteiger partial charge < -0.3 is 18.9 Å². The molecule has 0 spiro atoms. The normalized spacial score (nSPS) is 14.0. The summed E-state index contributed by atoms with van der Waals surface area (Å²) < 4.78 is 22.4. The zero-order valence-electron chi connectivity index (χ0n) is 30.0. The molecule has 54 heavy (non-hydrogen) atoms. The molecule has 0 atom stereocenters. The van der Waals surface area contributed by atoms with Crippen LogP contribution in [0, 0.1) is 0 Å². The van der Waals surface area contributed by atoms with Gasteiger partial charge in [0.15, 0.2) is 12.6 Å². The van der Waals surface area contributed by atoms with Crippen LogP contribution in [0.4, 0.5) is 0 Å². The molecular weight excluding hydrogens is 713 g/mol. The number of aldehydes is 2. The Morgan fingerprint density at radius 2 is 0.685 bits per heavy atom. The van der Waals surface area contributed by atoms with E-state index in [0.717, 1.165) is 101 Å². The van der Waals surface area contributed by atoms with E-state index in [1.807, 2.05) is 60.7 Å². The van der Waals surface area contributed by atoms with E-state index in [1.54, 1.807) is 28.4 Å². The Morgan fingerprint density at radius 1 is 0.407 bits per heavy atom. The molecule has 8 heteroatoms. The van der Waals surface area contributed by atoms with E-state index in [0.29, 0.717) is 9.75 Å². The van der Waals surface area contributed by atoms with Gasteiger partial charge >= 0.3 is 0 Å². The molecule has 2 aliphatic rings. The SMILES string of the molecule is COc1ccc(C2(c3ccc(OC)cc3)c3cc4c(cc3-c3cc(C=O)sc32)C(c2ccc(OC)cc2)(c2ccc(OC)cc2)c2sc(C=O)cc2-4)cc1. The molecule has 5 aromatic carbocycles. The molecule has 0 N–H and O–H groups in total. The predicted octanol–water partition coefficient (Wildman–Crippen LogP) is 10.2. The van der Waals surface area contributed by atoms with Gasteiger partial charge in [-0.1, -0.05) is 48.5 Å². The van der Waals surface area contributed by atoms with Crippen LogP contribution < -0.4 is 18.9 Å². The molecule has 0 fully saturated rings. The highest BCUT2D eigenvalue weighted by molar-refractivity contribution is 7.15. The van der Waals surface area contributed by atoms with Gasteiger partial charge in [0, 0.05) is 9.75 Å². The van der Waals surface area contributed by atoms with Gasteiger partial charge in [-0.3, -0.25) is 9.59 Å². The van der Waals surface area contributed by atoms with E-state index in [9.17, 15) is 9.59 Å². The molecule has 2 aromatic heterocycles. The summed E-state index contributed by atoms with van der Waals surface area (Å²) in [6, 6.07) is 41.6. The summed E-state index contributed by atoms with van der Waals surface area (Å²) in [7, 11) is 6.67. The molecule has 0 amide bonds. The minimum Gasteiger partial charge on any atom is -0.497 e. The number of methoxy groups -OCH3 is 4. The lowest BCUT2D eigenvalue weighted by molar-refractivity contribution is 0.111. The smallest absolute Gasteiger partial charge is 0.160 e. The Kier molecular flexibility index (Phi) is 8.06. The van der Waals surface area contributed by atoms with Crippen LogP contribution in [0.3, 0.4) is 0 Å². The Labute approximate surface area is 321 Å². The molecule has 0 saturated carbocycles. The van der Waals surface area contributed by atoms with Crippen LogP contribution in [-0.4, -0.2) is 41.0 Å². The molecule has 2 heterocycles. The largest absolute Gasteiger partial charge is 0.497 e. The number of hydrogen-bond donors (Lipinski definition) is 0. The maximum absolute atomic E-state index is 12.5. The van der Waals surface area contributed by atoms with Crippen molar-refractivity contribution in [2.45, 2.75) is 10.8 Å². The van der Waals surface area contributed by atoms with Crippen molar-refractivity contribution >= 4 is 35.2 Å². The third kappa shape index (κ3) is 4.63. The van der Waals surface area contributed by atoms with Crippen molar-refractivity contribution in [3.8, 4) is 45.3 Å². The van der Waals surface area contributed by atoms with Crippen LogP contribution in [0.2, 0.25) is 0 Å². The molecule has 6 nitrogen and oxygen atoms in total. The molecule has 0 unspecified atom stereocenters. The number of carbonyl (C=O) groups excluding carboxylic acids is 2. The van der Waals surface area contributed by atoms with Crippen molar-refractivity contribution in [3.05, 3.63) is 174 Å². The summed E-state index contributed by atoms with van der Waals surface area (Å²) >= 11 is 3.05. The van der Waals surface area contributed by atoms with Gasteiger partial charge in [0.2, 0.25) is 0 Å². The van der Waals surface area contributed by atoms with Crippen LogP contribution in [0.15, 0.2) is 121 Å². The first-order valence-electron chi connectivity index (χ1n) is 17.4. The highest BCUT2D eigenvalue weighted by Crippen LogP contribution is 2.65.